The number of rotatable bonds is 9. The molecule has 0 aromatic carbocycles. The minimum Gasteiger partial charge on any atom is -0.309 e. The van der Waals surface area contributed by atoms with E-state index in [2.05, 4.69) is 4.90 Å². The molecule has 0 amide bonds. The lowest BCUT2D eigenvalue weighted by molar-refractivity contribution is -0.119. The van der Waals surface area contributed by atoms with Gasteiger partial charge in [0, 0.05) is 19.3 Å². The van der Waals surface area contributed by atoms with Gasteiger partial charge in [-0.3, -0.25) is 4.79 Å². The Labute approximate surface area is 92.8 Å². The quantitative estimate of drug-likeness (QED) is 0.549. The predicted molar refractivity (Wildman–Crippen MR) is 61.9 cm³/mol. The van der Waals surface area contributed by atoms with E-state index in [0.717, 1.165) is 25.7 Å². The second kappa shape index (κ2) is 8.60. The van der Waals surface area contributed by atoms with Crippen LogP contribution in [0.2, 0.25) is 0 Å². The lowest BCUT2D eigenvalue weighted by atomic mass is 9.93. The smallest absolute Gasteiger partial charge is 0.132 e. The van der Waals surface area contributed by atoms with Gasteiger partial charge in [-0.1, -0.05) is 6.92 Å². The van der Waals surface area contributed by atoms with Crippen molar-refractivity contribution in [2.75, 3.05) is 20.6 Å². The first kappa shape index (κ1) is 14.3. The van der Waals surface area contributed by atoms with Crippen molar-refractivity contribution < 1.29 is 9.59 Å². The summed E-state index contributed by atoms with van der Waals surface area (Å²) in [6.45, 7) is 2.90. The minimum atomic E-state index is 0.259. The van der Waals surface area contributed by atoms with Gasteiger partial charge in [-0.2, -0.15) is 0 Å². The highest BCUT2D eigenvalue weighted by Gasteiger charge is 2.12. The molecule has 0 aromatic heterocycles. The molecule has 0 aliphatic rings. The van der Waals surface area contributed by atoms with E-state index in [1.165, 1.54) is 0 Å². The van der Waals surface area contributed by atoms with Crippen LogP contribution in [0.15, 0.2) is 0 Å². The third kappa shape index (κ3) is 8.30. The summed E-state index contributed by atoms with van der Waals surface area (Å²) < 4.78 is 0. The zero-order valence-corrected chi connectivity index (χ0v) is 10.2. The maximum Gasteiger partial charge on any atom is 0.132 e. The summed E-state index contributed by atoms with van der Waals surface area (Å²) in [6, 6.07) is 0. The highest BCUT2D eigenvalue weighted by Crippen LogP contribution is 2.16. The second-order valence-corrected chi connectivity index (χ2v) is 4.31. The summed E-state index contributed by atoms with van der Waals surface area (Å²) in [7, 11) is 4.07. The third-order valence-corrected chi connectivity index (χ3v) is 2.56. The first-order chi connectivity index (χ1) is 7.10. The molecule has 0 bridgehead atoms. The molecule has 0 saturated heterocycles. The van der Waals surface area contributed by atoms with Crippen LogP contribution in [-0.2, 0) is 9.59 Å². The van der Waals surface area contributed by atoms with Crippen molar-refractivity contribution in [3.8, 4) is 0 Å². The van der Waals surface area contributed by atoms with Gasteiger partial charge in [0.15, 0.2) is 0 Å². The Bertz CT molecular complexity index is 190. The van der Waals surface area contributed by atoms with E-state index in [4.69, 9.17) is 0 Å². The van der Waals surface area contributed by atoms with Crippen LogP contribution in [0.1, 0.15) is 39.0 Å². The Morgan fingerprint density at radius 2 is 2.07 bits per heavy atom. The molecule has 3 heteroatoms. The molecule has 0 aliphatic carbocycles. The number of hydrogen-bond acceptors (Lipinski definition) is 3. The van der Waals surface area contributed by atoms with E-state index in [0.29, 0.717) is 19.3 Å². The molecule has 0 aliphatic heterocycles. The van der Waals surface area contributed by atoms with Crippen molar-refractivity contribution in [1.82, 2.24) is 4.90 Å². The Hall–Kier alpha value is -0.700. The molecular weight excluding hydrogens is 190 g/mol. The van der Waals surface area contributed by atoms with Crippen molar-refractivity contribution in [3.05, 3.63) is 0 Å². The molecule has 0 spiro atoms. The fourth-order valence-electron chi connectivity index (χ4n) is 1.60. The highest BCUT2D eigenvalue weighted by atomic mass is 16.1. The van der Waals surface area contributed by atoms with Crippen molar-refractivity contribution >= 4 is 12.1 Å². The van der Waals surface area contributed by atoms with Gasteiger partial charge in [0.25, 0.3) is 0 Å². The first-order valence-corrected chi connectivity index (χ1v) is 5.70. The third-order valence-electron chi connectivity index (χ3n) is 2.56. The number of nitrogens with zero attached hydrogens (tertiary/aromatic N) is 1. The van der Waals surface area contributed by atoms with E-state index in [9.17, 15) is 9.59 Å². The Morgan fingerprint density at radius 3 is 2.53 bits per heavy atom. The maximum atomic E-state index is 11.3. The summed E-state index contributed by atoms with van der Waals surface area (Å²) in [5, 5.41) is 0. The highest BCUT2D eigenvalue weighted by molar-refractivity contribution is 5.78. The van der Waals surface area contributed by atoms with Crippen LogP contribution in [0, 0.1) is 5.92 Å². The van der Waals surface area contributed by atoms with Crippen LogP contribution >= 0.6 is 0 Å². The maximum absolute atomic E-state index is 11.3. The van der Waals surface area contributed by atoms with E-state index in [1.54, 1.807) is 0 Å². The predicted octanol–water partition coefficient (Wildman–Crippen LogP) is 1.90. The molecule has 1 atom stereocenters. The zero-order chi connectivity index (χ0) is 11.7. The fourth-order valence-corrected chi connectivity index (χ4v) is 1.60. The molecule has 88 valence electrons. The van der Waals surface area contributed by atoms with Crippen LogP contribution in [0.3, 0.4) is 0 Å². The number of carbonyl (C=O) groups is 2. The SMILES string of the molecule is CCC(=O)CC(CC=O)CCCN(C)C. The molecule has 0 heterocycles. The van der Waals surface area contributed by atoms with E-state index in [1.807, 2.05) is 21.0 Å². The van der Waals surface area contributed by atoms with Crippen molar-refractivity contribution in [2.24, 2.45) is 5.92 Å². The van der Waals surface area contributed by atoms with Gasteiger partial charge in [-0.15, -0.1) is 0 Å². The Balaban J connectivity index is 3.82. The summed E-state index contributed by atoms with van der Waals surface area (Å²) in [5.41, 5.74) is 0. The molecule has 0 radical (unpaired) electrons. The van der Waals surface area contributed by atoms with Crippen LogP contribution in [-0.4, -0.2) is 37.6 Å². The molecule has 0 N–H and O–H groups in total. The average Bonchev–Trinajstić information content (AvgIpc) is 2.17. The Morgan fingerprint density at radius 1 is 1.40 bits per heavy atom. The number of hydrogen-bond donors (Lipinski definition) is 0. The Kier molecular flexibility index (Phi) is 8.19. The minimum absolute atomic E-state index is 0.259. The topological polar surface area (TPSA) is 37.4 Å². The summed E-state index contributed by atoms with van der Waals surface area (Å²) in [5.74, 6) is 0.529. The lowest BCUT2D eigenvalue weighted by Crippen LogP contribution is -2.15. The first-order valence-electron chi connectivity index (χ1n) is 5.70. The largest absolute Gasteiger partial charge is 0.309 e. The van der Waals surface area contributed by atoms with Crippen molar-refractivity contribution in [2.45, 2.75) is 39.0 Å². The van der Waals surface area contributed by atoms with Crippen LogP contribution in [0.5, 0.6) is 0 Å². The molecule has 0 fully saturated rings. The van der Waals surface area contributed by atoms with Gasteiger partial charge in [0.2, 0.25) is 0 Å². The van der Waals surface area contributed by atoms with Crippen LogP contribution in [0.4, 0.5) is 0 Å². The van der Waals surface area contributed by atoms with E-state index < -0.39 is 0 Å². The van der Waals surface area contributed by atoms with Crippen molar-refractivity contribution in [3.63, 3.8) is 0 Å². The molecule has 0 aromatic rings. The molecule has 3 nitrogen and oxygen atoms in total. The molecule has 1 unspecified atom stereocenters. The monoisotopic (exact) mass is 213 g/mol. The van der Waals surface area contributed by atoms with Crippen LogP contribution < -0.4 is 0 Å². The summed E-state index contributed by atoms with van der Waals surface area (Å²) in [4.78, 5) is 23.9. The van der Waals surface area contributed by atoms with Gasteiger partial charge >= 0.3 is 0 Å². The lowest BCUT2D eigenvalue weighted by Gasteiger charge is -2.14. The number of ketones is 1. The van der Waals surface area contributed by atoms with E-state index >= 15 is 0 Å². The van der Waals surface area contributed by atoms with Gasteiger partial charge < -0.3 is 9.69 Å². The van der Waals surface area contributed by atoms with Gasteiger partial charge in [0.1, 0.15) is 12.1 Å². The van der Waals surface area contributed by atoms with Crippen molar-refractivity contribution in [1.29, 1.82) is 0 Å². The molecule has 0 saturated carbocycles. The van der Waals surface area contributed by atoms with Gasteiger partial charge in [0.05, 0.1) is 0 Å². The van der Waals surface area contributed by atoms with Gasteiger partial charge in [-0.25, -0.2) is 0 Å². The summed E-state index contributed by atoms with van der Waals surface area (Å²) >= 11 is 0. The number of aldehydes is 1. The standard InChI is InChI=1S/C12H23NO2/c1-4-12(15)10-11(7-9-14)6-5-8-13(2)3/h9,11H,4-8,10H2,1-3H3. The molecular formula is C12H23NO2. The molecule has 15 heavy (non-hydrogen) atoms. The fraction of sp³-hybridized carbons (Fsp3) is 0.833. The normalized spacial score (nSPS) is 12.8. The number of carbonyl (C=O) groups excluding carboxylic acids is 2. The summed E-state index contributed by atoms with van der Waals surface area (Å²) in [6.07, 6.45) is 4.65. The average molecular weight is 213 g/mol. The number of Topliss-reactive ketones (excluding diaryl/α,β-unsaturated/α-hetero) is 1. The second-order valence-electron chi connectivity index (χ2n) is 4.31. The van der Waals surface area contributed by atoms with Crippen LogP contribution in [0.25, 0.3) is 0 Å². The van der Waals surface area contributed by atoms with E-state index in [-0.39, 0.29) is 11.7 Å². The van der Waals surface area contributed by atoms with Gasteiger partial charge in [-0.05, 0) is 39.4 Å². The molecule has 0 rings (SSSR count). The zero-order valence-electron chi connectivity index (χ0n) is 10.2.